The van der Waals surface area contributed by atoms with Gasteiger partial charge in [-0.3, -0.25) is 0 Å². The number of rotatable bonds is 4. The zero-order chi connectivity index (χ0) is 27.5. The first kappa shape index (κ1) is 28.5. The van der Waals surface area contributed by atoms with E-state index in [0.717, 1.165) is 48.7 Å². The van der Waals surface area contributed by atoms with Gasteiger partial charge in [0, 0.05) is 35.3 Å². The molecule has 1 fully saturated rings. The van der Waals surface area contributed by atoms with Crippen molar-refractivity contribution in [2.45, 2.75) is 70.1 Å². The van der Waals surface area contributed by atoms with Crippen molar-refractivity contribution in [1.82, 2.24) is 14.6 Å². The minimum Gasteiger partial charge on any atom is -0.475 e. The summed E-state index contributed by atoms with van der Waals surface area (Å²) >= 11 is 5.96. The van der Waals surface area contributed by atoms with E-state index in [2.05, 4.69) is 31.4 Å². The summed E-state index contributed by atoms with van der Waals surface area (Å²) in [6, 6.07) is 9.13. The Balaban J connectivity index is 0.000000479. The molecule has 37 heavy (non-hydrogen) atoms. The second-order valence-electron chi connectivity index (χ2n) is 9.89. The molecule has 0 amide bonds. The Labute approximate surface area is 216 Å². The Bertz CT molecular complexity index is 1250. The van der Waals surface area contributed by atoms with E-state index in [-0.39, 0.29) is 10.4 Å². The molecule has 1 aromatic carbocycles. The first-order valence-corrected chi connectivity index (χ1v) is 12.0. The fraction of sp³-hybridized carbons (Fsp3) is 0.458. The monoisotopic (exact) mass is 544 g/mol. The second-order valence-corrected chi connectivity index (χ2v) is 10.3. The number of fused-ring (bicyclic) bond motifs is 1. The van der Waals surface area contributed by atoms with E-state index in [4.69, 9.17) is 37.3 Å². The molecule has 13 heteroatoms. The van der Waals surface area contributed by atoms with Gasteiger partial charge in [0.1, 0.15) is 17.5 Å². The van der Waals surface area contributed by atoms with Gasteiger partial charge in [-0.15, -0.1) is 0 Å². The fourth-order valence-corrected chi connectivity index (χ4v) is 3.88. The minimum absolute atomic E-state index is 0.0676. The SMILES string of the molecule is CC(C)(C)c1cc2nc(NC3CCC(N)CC3)cc(Nc3ccc(F)c(Cl)c3)n2n1.O=C(O)C(F)(F)F. The number of aromatic nitrogens is 3. The van der Waals surface area contributed by atoms with Gasteiger partial charge in [0.25, 0.3) is 0 Å². The number of carbonyl (C=O) groups is 1. The molecule has 202 valence electrons. The second kappa shape index (κ2) is 11.1. The van der Waals surface area contributed by atoms with Crippen LogP contribution >= 0.6 is 11.6 Å². The molecular weight excluding hydrogens is 516 g/mol. The van der Waals surface area contributed by atoms with Gasteiger partial charge < -0.3 is 21.5 Å². The molecule has 0 bridgehead atoms. The lowest BCUT2D eigenvalue weighted by Crippen LogP contribution is -2.33. The lowest BCUT2D eigenvalue weighted by Gasteiger charge is -2.27. The van der Waals surface area contributed by atoms with E-state index in [1.807, 2.05) is 12.1 Å². The van der Waals surface area contributed by atoms with Crippen molar-refractivity contribution in [3.63, 3.8) is 0 Å². The minimum atomic E-state index is -5.08. The molecule has 2 aromatic heterocycles. The molecular formula is C24H29ClF4N6O2. The Morgan fingerprint density at radius 1 is 1.14 bits per heavy atom. The lowest BCUT2D eigenvalue weighted by molar-refractivity contribution is -0.192. The fourth-order valence-electron chi connectivity index (χ4n) is 3.70. The molecule has 3 aromatic rings. The molecule has 1 aliphatic carbocycles. The molecule has 0 unspecified atom stereocenters. The normalized spacial score (nSPS) is 18.2. The maximum atomic E-state index is 13.6. The Hall–Kier alpha value is -3.12. The van der Waals surface area contributed by atoms with Crippen molar-refractivity contribution in [2.24, 2.45) is 5.73 Å². The number of anilines is 3. The van der Waals surface area contributed by atoms with Gasteiger partial charge in [-0.05, 0) is 43.9 Å². The van der Waals surface area contributed by atoms with Gasteiger partial charge in [-0.25, -0.2) is 14.2 Å². The molecule has 0 saturated heterocycles. The third kappa shape index (κ3) is 7.68. The number of nitrogens with two attached hydrogens (primary N) is 1. The zero-order valence-corrected chi connectivity index (χ0v) is 21.3. The van der Waals surface area contributed by atoms with E-state index in [1.165, 1.54) is 6.07 Å². The van der Waals surface area contributed by atoms with Crippen LogP contribution in [-0.2, 0) is 10.2 Å². The number of hydrogen-bond donors (Lipinski definition) is 4. The molecule has 4 rings (SSSR count). The predicted octanol–water partition coefficient (Wildman–Crippen LogP) is 5.88. The van der Waals surface area contributed by atoms with E-state index in [1.54, 1.807) is 16.6 Å². The highest BCUT2D eigenvalue weighted by atomic mass is 35.5. The summed E-state index contributed by atoms with van der Waals surface area (Å²) < 4.78 is 47.1. The highest BCUT2D eigenvalue weighted by Crippen LogP contribution is 2.29. The Morgan fingerprint density at radius 2 is 1.76 bits per heavy atom. The standard InChI is InChI=1S/C22H28ClFN6.C2HF3O2/c1-22(2,3)18-11-20-28-19(26-14-6-4-13(25)5-7-14)12-21(30(20)29-18)27-15-8-9-17(24)16(23)10-15;3-2(4,5)1(6)7/h8-14,27H,4-7,25H2,1-3H3,(H,26,28);(H,6,7). The number of halogens is 5. The summed E-state index contributed by atoms with van der Waals surface area (Å²) in [5.74, 6) is -1.70. The van der Waals surface area contributed by atoms with Crippen LogP contribution in [0.5, 0.6) is 0 Å². The number of carboxylic acids is 1. The topological polar surface area (TPSA) is 118 Å². The van der Waals surface area contributed by atoms with Crippen molar-refractivity contribution in [3.05, 3.63) is 46.9 Å². The first-order chi connectivity index (χ1) is 17.1. The third-order valence-electron chi connectivity index (χ3n) is 5.75. The average Bonchev–Trinajstić information content (AvgIpc) is 3.23. The quantitative estimate of drug-likeness (QED) is 0.303. The van der Waals surface area contributed by atoms with Crippen molar-refractivity contribution in [2.75, 3.05) is 10.6 Å². The van der Waals surface area contributed by atoms with Crippen LogP contribution in [0, 0.1) is 5.82 Å². The van der Waals surface area contributed by atoms with E-state index in [9.17, 15) is 17.6 Å². The molecule has 0 atom stereocenters. The van der Waals surface area contributed by atoms with Gasteiger partial charge in [0.15, 0.2) is 5.65 Å². The van der Waals surface area contributed by atoms with Crippen LogP contribution in [0.4, 0.5) is 34.9 Å². The largest absolute Gasteiger partial charge is 0.490 e. The Kier molecular flexibility index (Phi) is 8.53. The highest BCUT2D eigenvalue weighted by molar-refractivity contribution is 6.31. The average molecular weight is 545 g/mol. The summed E-state index contributed by atoms with van der Waals surface area (Å²) in [6.07, 6.45) is -1.01. The molecule has 8 nitrogen and oxygen atoms in total. The molecule has 0 aliphatic heterocycles. The van der Waals surface area contributed by atoms with Gasteiger partial charge in [0.05, 0.1) is 10.7 Å². The molecule has 0 radical (unpaired) electrons. The predicted molar refractivity (Wildman–Crippen MR) is 134 cm³/mol. The van der Waals surface area contributed by atoms with Crippen LogP contribution in [0.25, 0.3) is 5.65 Å². The summed E-state index contributed by atoms with van der Waals surface area (Å²) in [6.45, 7) is 6.35. The summed E-state index contributed by atoms with van der Waals surface area (Å²) in [4.78, 5) is 13.7. The van der Waals surface area contributed by atoms with E-state index in [0.29, 0.717) is 17.8 Å². The molecule has 1 saturated carbocycles. The molecule has 1 aliphatic rings. The van der Waals surface area contributed by atoms with Crippen LogP contribution in [-0.4, -0.2) is 43.9 Å². The maximum Gasteiger partial charge on any atom is 0.490 e. The maximum absolute atomic E-state index is 13.6. The summed E-state index contributed by atoms with van der Waals surface area (Å²) in [5.41, 5.74) is 8.29. The zero-order valence-electron chi connectivity index (χ0n) is 20.5. The highest BCUT2D eigenvalue weighted by Gasteiger charge is 2.38. The van der Waals surface area contributed by atoms with E-state index < -0.39 is 18.0 Å². The molecule has 2 heterocycles. The van der Waals surface area contributed by atoms with Crippen LogP contribution in [0.1, 0.15) is 52.1 Å². The van der Waals surface area contributed by atoms with E-state index >= 15 is 0 Å². The van der Waals surface area contributed by atoms with Gasteiger partial charge >= 0.3 is 12.1 Å². The number of hydrogen-bond acceptors (Lipinski definition) is 6. The number of alkyl halides is 3. The molecule has 0 spiro atoms. The Morgan fingerprint density at radius 3 is 2.30 bits per heavy atom. The van der Waals surface area contributed by atoms with Gasteiger partial charge in [0.2, 0.25) is 0 Å². The lowest BCUT2D eigenvalue weighted by atomic mass is 9.92. The first-order valence-electron chi connectivity index (χ1n) is 11.6. The smallest absolute Gasteiger partial charge is 0.475 e. The van der Waals surface area contributed by atoms with Gasteiger partial charge in [-0.2, -0.15) is 22.8 Å². The van der Waals surface area contributed by atoms with Crippen LogP contribution in [0.15, 0.2) is 30.3 Å². The van der Waals surface area contributed by atoms with Crippen molar-refractivity contribution in [1.29, 1.82) is 0 Å². The van der Waals surface area contributed by atoms with Crippen molar-refractivity contribution < 1.29 is 27.5 Å². The number of carboxylic acid groups (broad SMARTS) is 1. The third-order valence-corrected chi connectivity index (χ3v) is 6.04. The van der Waals surface area contributed by atoms with Crippen molar-refractivity contribution in [3.8, 4) is 0 Å². The number of nitrogens with one attached hydrogen (secondary N) is 2. The molecule has 5 N–H and O–H groups in total. The summed E-state index contributed by atoms with van der Waals surface area (Å²) in [5, 5.41) is 18.8. The number of nitrogens with zero attached hydrogens (tertiary/aromatic N) is 3. The summed E-state index contributed by atoms with van der Waals surface area (Å²) in [7, 11) is 0. The van der Waals surface area contributed by atoms with Gasteiger partial charge in [-0.1, -0.05) is 32.4 Å². The van der Waals surface area contributed by atoms with Crippen LogP contribution in [0.3, 0.4) is 0 Å². The van der Waals surface area contributed by atoms with Crippen molar-refractivity contribution >= 4 is 40.5 Å². The number of benzene rings is 1. The van der Waals surface area contributed by atoms with Crippen LogP contribution in [0.2, 0.25) is 5.02 Å². The number of aliphatic carboxylic acids is 1. The van der Waals surface area contributed by atoms with Crippen LogP contribution < -0.4 is 16.4 Å².